The van der Waals surface area contributed by atoms with E-state index in [9.17, 15) is 9.18 Å². The highest BCUT2D eigenvalue weighted by Crippen LogP contribution is 2.37. The lowest BCUT2D eigenvalue weighted by atomic mass is 9.94. The summed E-state index contributed by atoms with van der Waals surface area (Å²) >= 11 is 9.90. The van der Waals surface area contributed by atoms with Crippen LogP contribution in [-0.4, -0.2) is 21.2 Å². The molecule has 0 unspecified atom stereocenters. The molecule has 116 valence electrons. The van der Waals surface area contributed by atoms with Crippen LogP contribution in [0.3, 0.4) is 0 Å². The SMILES string of the molecule is O=C1/C(=C\c2ccc(F)c(Br)c2)SC(=S)N1C1CCCCC1. The molecule has 0 aromatic heterocycles. The van der Waals surface area contributed by atoms with Crippen LogP contribution in [0.5, 0.6) is 0 Å². The fourth-order valence-corrected chi connectivity index (χ4v) is 4.68. The minimum atomic E-state index is -0.313. The lowest BCUT2D eigenvalue weighted by Crippen LogP contribution is -2.39. The number of nitrogens with zero attached hydrogens (tertiary/aromatic N) is 1. The van der Waals surface area contributed by atoms with Crippen molar-refractivity contribution < 1.29 is 9.18 Å². The second kappa shape index (κ2) is 6.81. The lowest BCUT2D eigenvalue weighted by molar-refractivity contribution is -0.124. The Morgan fingerprint density at radius 1 is 1.32 bits per heavy atom. The highest BCUT2D eigenvalue weighted by molar-refractivity contribution is 9.10. The van der Waals surface area contributed by atoms with Gasteiger partial charge in [-0.15, -0.1) is 0 Å². The third-order valence-electron chi connectivity index (χ3n) is 4.00. The van der Waals surface area contributed by atoms with Crippen LogP contribution in [0.25, 0.3) is 6.08 Å². The summed E-state index contributed by atoms with van der Waals surface area (Å²) in [4.78, 5) is 15.0. The van der Waals surface area contributed by atoms with Crippen molar-refractivity contribution in [1.82, 2.24) is 4.90 Å². The van der Waals surface area contributed by atoms with Crippen molar-refractivity contribution in [2.75, 3.05) is 0 Å². The Bertz CT molecular complexity index is 656. The molecule has 0 N–H and O–H groups in total. The van der Waals surface area contributed by atoms with Crippen molar-refractivity contribution in [3.63, 3.8) is 0 Å². The smallest absolute Gasteiger partial charge is 0.266 e. The highest BCUT2D eigenvalue weighted by Gasteiger charge is 2.37. The quantitative estimate of drug-likeness (QED) is 0.508. The van der Waals surface area contributed by atoms with Gasteiger partial charge in [-0.2, -0.15) is 0 Å². The Labute approximate surface area is 147 Å². The third-order valence-corrected chi connectivity index (χ3v) is 5.94. The molecular weight excluding hydrogens is 385 g/mol. The summed E-state index contributed by atoms with van der Waals surface area (Å²) in [6.07, 6.45) is 7.40. The summed E-state index contributed by atoms with van der Waals surface area (Å²) < 4.78 is 14.3. The Hall–Kier alpha value is -0.720. The molecule has 1 aliphatic heterocycles. The standard InChI is InChI=1S/C16H15BrFNOS2/c17-12-8-10(6-7-13(12)18)9-14-15(20)19(16(21)22-14)11-4-2-1-3-5-11/h6-9,11H,1-5H2/b14-9+. The summed E-state index contributed by atoms with van der Waals surface area (Å²) in [5.74, 6) is -0.325. The first-order valence-electron chi connectivity index (χ1n) is 7.28. The van der Waals surface area contributed by atoms with E-state index in [0.717, 1.165) is 31.2 Å². The summed E-state index contributed by atoms with van der Waals surface area (Å²) in [7, 11) is 0. The summed E-state index contributed by atoms with van der Waals surface area (Å²) in [6, 6.07) is 4.96. The van der Waals surface area contributed by atoms with Crippen molar-refractivity contribution in [2.45, 2.75) is 38.1 Å². The van der Waals surface area contributed by atoms with Crippen LogP contribution in [0.1, 0.15) is 37.7 Å². The molecule has 0 spiro atoms. The first-order chi connectivity index (χ1) is 10.6. The Kier molecular flexibility index (Phi) is 5.00. The molecule has 0 radical (unpaired) electrons. The number of carbonyl (C=O) groups excluding carboxylic acids is 1. The molecule has 1 saturated heterocycles. The average Bonchev–Trinajstić information content (AvgIpc) is 2.78. The van der Waals surface area contributed by atoms with Crippen molar-refractivity contribution in [3.8, 4) is 0 Å². The van der Waals surface area contributed by atoms with Gasteiger partial charge in [-0.05, 0) is 52.5 Å². The predicted molar refractivity (Wildman–Crippen MR) is 96.0 cm³/mol. The van der Waals surface area contributed by atoms with E-state index in [1.165, 1.54) is 24.2 Å². The third kappa shape index (κ3) is 3.29. The van der Waals surface area contributed by atoms with E-state index in [1.54, 1.807) is 23.1 Å². The van der Waals surface area contributed by atoms with E-state index in [0.29, 0.717) is 13.7 Å². The topological polar surface area (TPSA) is 20.3 Å². The average molecular weight is 400 g/mol. The maximum absolute atomic E-state index is 13.3. The molecule has 0 bridgehead atoms. The second-order valence-electron chi connectivity index (χ2n) is 5.52. The maximum atomic E-state index is 13.3. The Balaban J connectivity index is 1.83. The number of thioether (sulfide) groups is 1. The fourth-order valence-electron chi connectivity index (χ4n) is 2.89. The molecule has 2 nitrogen and oxygen atoms in total. The molecule has 1 aromatic rings. The van der Waals surface area contributed by atoms with E-state index in [4.69, 9.17) is 12.2 Å². The minimum absolute atomic E-state index is 0.0117. The number of rotatable bonds is 2. The lowest BCUT2D eigenvalue weighted by Gasteiger charge is -2.29. The summed E-state index contributed by atoms with van der Waals surface area (Å²) in [6.45, 7) is 0. The molecular formula is C16H15BrFNOS2. The number of amides is 1. The van der Waals surface area contributed by atoms with Gasteiger partial charge in [0.25, 0.3) is 5.91 Å². The van der Waals surface area contributed by atoms with E-state index < -0.39 is 0 Å². The molecule has 2 fully saturated rings. The van der Waals surface area contributed by atoms with E-state index >= 15 is 0 Å². The molecule has 1 aromatic carbocycles. The minimum Gasteiger partial charge on any atom is -0.290 e. The van der Waals surface area contributed by atoms with Crippen LogP contribution in [0.4, 0.5) is 4.39 Å². The molecule has 1 saturated carbocycles. The van der Waals surface area contributed by atoms with Gasteiger partial charge in [0.05, 0.1) is 9.38 Å². The normalized spacial score (nSPS) is 21.9. The molecule has 6 heteroatoms. The molecule has 0 atom stereocenters. The number of carbonyl (C=O) groups is 1. The van der Waals surface area contributed by atoms with Crippen LogP contribution in [0.2, 0.25) is 0 Å². The zero-order chi connectivity index (χ0) is 15.7. The molecule has 1 aliphatic carbocycles. The number of hydrogen-bond acceptors (Lipinski definition) is 3. The van der Waals surface area contributed by atoms with Crippen LogP contribution in [-0.2, 0) is 4.79 Å². The zero-order valence-electron chi connectivity index (χ0n) is 11.9. The largest absolute Gasteiger partial charge is 0.290 e. The number of thiocarbonyl (C=S) groups is 1. The monoisotopic (exact) mass is 399 g/mol. The number of hydrogen-bond donors (Lipinski definition) is 0. The van der Waals surface area contributed by atoms with E-state index in [2.05, 4.69) is 15.9 Å². The van der Waals surface area contributed by atoms with Gasteiger partial charge in [0.15, 0.2) is 0 Å². The van der Waals surface area contributed by atoms with Gasteiger partial charge < -0.3 is 0 Å². The van der Waals surface area contributed by atoms with Gasteiger partial charge in [0, 0.05) is 6.04 Å². The predicted octanol–water partition coefficient (Wildman–Crippen LogP) is 5.12. The van der Waals surface area contributed by atoms with Crippen LogP contribution in [0.15, 0.2) is 27.6 Å². The van der Waals surface area contributed by atoms with Crippen LogP contribution < -0.4 is 0 Å². The van der Waals surface area contributed by atoms with Gasteiger partial charge in [-0.1, -0.05) is 49.3 Å². The van der Waals surface area contributed by atoms with Gasteiger partial charge in [0.2, 0.25) is 0 Å². The fraction of sp³-hybridized carbons (Fsp3) is 0.375. The molecule has 3 rings (SSSR count). The Morgan fingerprint density at radius 2 is 2.05 bits per heavy atom. The Morgan fingerprint density at radius 3 is 2.73 bits per heavy atom. The maximum Gasteiger partial charge on any atom is 0.266 e. The van der Waals surface area contributed by atoms with Crippen LogP contribution >= 0.6 is 39.9 Å². The van der Waals surface area contributed by atoms with E-state index in [1.807, 2.05) is 0 Å². The summed E-state index contributed by atoms with van der Waals surface area (Å²) in [5.41, 5.74) is 0.789. The van der Waals surface area contributed by atoms with Gasteiger partial charge in [-0.3, -0.25) is 9.69 Å². The van der Waals surface area contributed by atoms with Crippen molar-refractivity contribution >= 4 is 56.2 Å². The second-order valence-corrected chi connectivity index (χ2v) is 8.05. The molecule has 1 amide bonds. The number of benzene rings is 1. The van der Waals surface area contributed by atoms with Gasteiger partial charge >= 0.3 is 0 Å². The first-order valence-corrected chi connectivity index (χ1v) is 9.30. The molecule has 2 aliphatic rings. The van der Waals surface area contributed by atoms with Crippen LogP contribution in [0, 0.1) is 5.82 Å². The first kappa shape index (κ1) is 16.1. The van der Waals surface area contributed by atoms with Crippen molar-refractivity contribution in [3.05, 3.63) is 39.0 Å². The van der Waals surface area contributed by atoms with Gasteiger partial charge in [0.1, 0.15) is 10.1 Å². The number of halogens is 2. The van der Waals surface area contributed by atoms with Crippen molar-refractivity contribution in [2.24, 2.45) is 0 Å². The molecule has 1 heterocycles. The van der Waals surface area contributed by atoms with Gasteiger partial charge in [-0.25, -0.2) is 4.39 Å². The zero-order valence-corrected chi connectivity index (χ0v) is 15.1. The molecule has 22 heavy (non-hydrogen) atoms. The highest BCUT2D eigenvalue weighted by atomic mass is 79.9. The van der Waals surface area contributed by atoms with E-state index in [-0.39, 0.29) is 17.8 Å². The summed E-state index contributed by atoms with van der Waals surface area (Å²) in [5, 5.41) is 0. The van der Waals surface area contributed by atoms with Crippen molar-refractivity contribution in [1.29, 1.82) is 0 Å².